The number of carbonyl (C=O) groups is 1. The predicted molar refractivity (Wildman–Crippen MR) is 96.6 cm³/mol. The lowest BCUT2D eigenvalue weighted by Crippen LogP contribution is -2.45. The normalized spacial score (nSPS) is 23.0. The molecule has 1 aromatic heterocycles. The molecule has 0 radical (unpaired) electrons. The molecule has 25 heavy (non-hydrogen) atoms. The van der Waals surface area contributed by atoms with E-state index in [2.05, 4.69) is 11.1 Å². The largest absolute Gasteiger partial charge is 0.391 e. The van der Waals surface area contributed by atoms with Crippen LogP contribution in [0.1, 0.15) is 52.7 Å². The van der Waals surface area contributed by atoms with Gasteiger partial charge in [-0.25, -0.2) is 4.98 Å². The molecule has 2 aromatic rings. The molecule has 0 saturated heterocycles. The molecule has 1 aliphatic carbocycles. The summed E-state index contributed by atoms with van der Waals surface area (Å²) in [6, 6.07) is 9.79. The molecular formula is C20H21ClN2O2. The molecule has 0 bridgehead atoms. The van der Waals surface area contributed by atoms with Gasteiger partial charge >= 0.3 is 0 Å². The lowest BCUT2D eigenvalue weighted by molar-refractivity contribution is 0.0191. The zero-order chi connectivity index (χ0) is 17.4. The number of aliphatic hydroxyl groups is 1. The molecule has 4 nitrogen and oxygen atoms in total. The molecule has 2 heterocycles. The maximum Gasteiger partial charge on any atom is 0.254 e. The third-order valence-corrected chi connectivity index (χ3v) is 5.52. The number of pyridine rings is 1. The second kappa shape index (κ2) is 6.77. The van der Waals surface area contributed by atoms with E-state index in [0.29, 0.717) is 11.7 Å². The van der Waals surface area contributed by atoms with Gasteiger partial charge in [-0.05, 0) is 48.1 Å². The number of nitrogens with zero attached hydrogens (tertiary/aromatic N) is 2. The van der Waals surface area contributed by atoms with Crippen LogP contribution in [0.2, 0.25) is 5.15 Å². The van der Waals surface area contributed by atoms with E-state index in [-0.39, 0.29) is 11.9 Å². The first-order valence-electron chi connectivity index (χ1n) is 8.83. The summed E-state index contributed by atoms with van der Waals surface area (Å²) in [5.74, 6) is 0.0528. The minimum atomic E-state index is -0.397. The second-order valence-corrected chi connectivity index (χ2v) is 7.40. The summed E-state index contributed by atoms with van der Waals surface area (Å²) >= 11 is 5.83. The van der Waals surface area contributed by atoms with Crippen molar-refractivity contribution in [1.29, 1.82) is 0 Å². The quantitative estimate of drug-likeness (QED) is 0.855. The zero-order valence-electron chi connectivity index (χ0n) is 14.0. The van der Waals surface area contributed by atoms with Gasteiger partial charge in [-0.2, -0.15) is 0 Å². The fourth-order valence-corrected chi connectivity index (χ4v) is 4.06. The second-order valence-electron chi connectivity index (χ2n) is 7.01. The third kappa shape index (κ3) is 3.29. The molecule has 2 atom stereocenters. The van der Waals surface area contributed by atoms with Gasteiger partial charge in [0, 0.05) is 18.3 Å². The molecule has 1 saturated carbocycles. The van der Waals surface area contributed by atoms with Crippen LogP contribution in [-0.4, -0.2) is 33.0 Å². The number of rotatable bonds is 3. The Labute approximate surface area is 152 Å². The topological polar surface area (TPSA) is 53.4 Å². The summed E-state index contributed by atoms with van der Waals surface area (Å²) in [6.07, 6.45) is 5.90. The first-order chi connectivity index (χ1) is 12.1. The fraction of sp³-hybridized carbons (Fsp3) is 0.400. The van der Waals surface area contributed by atoms with E-state index in [4.69, 9.17) is 11.6 Å². The first-order valence-corrected chi connectivity index (χ1v) is 9.21. The highest BCUT2D eigenvalue weighted by Gasteiger charge is 2.37. The first kappa shape index (κ1) is 16.6. The summed E-state index contributed by atoms with van der Waals surface area (Å²) in [7, 11) is 0. The van der Waals surface area contributed by atoms with Crippen molar-refractivity contribution in [3.8, 4) is 0 Å². The average Bonchev–Trinajstić information content (AvgIpc) is 2.94. The number of fused-ring (bicyclic) bond motifs is 1. The molecule has 1 aliphatic heterocycles. The van der Waals surface area contributed by atoms with E-state index >= 15 is 0 Å². The number of hydrogen-bond donors (Lipinski definition) is 1. The third-order valence-electron chi connectivity index (χ3n) is 5.30. The molecule has 5 heteroatoms. The Bertz CT molecular complexity index is 791. The van der Waals surface area contributed by atoms with Gasteiger partial charge < -0.3 is 10.0 Å². The highest BCUT2D eigenvalue weighted by molar-refractivity contribution is 6.29. The van der Waals surface area contributed by atoms with E-state index in [1.54, 1.807) is 12.3 Å². The van der Waals surface area contributed by atoms with Gasteiger partial charge in [0.1, 0.15) is 5.15 Å². The Balaban J connectivity index is 1.54. The number of halogens is 1. The van der Waals surface area contributed by atoms with E-state index < -0.39 is 6.10 Å². The molecule has 1 amide bonds. The maximum atomic E-state index is 12.9. The van der Waals surface area contributed by atoms with Crippen molar-refractivity contribution in [2.45, 2.75) is 50.8 Å². The summed E-state index contributed by atoms with van der Waals surface area (Å²) in [4.78, 5) is 18.8. The van der Waals surface area contributed by atoms with Crippen LogP contribution in [-0.2, 0) is 13.0 Å². The predicted octanol–water partition coefficient (Wildman–Crippen LogP) is 3.59. The lowest BCUT2D eigenvalue weighted by atomic mass is 9.91. The maximum absolute atomic E-state index is 12.9. The van der Waals surface area contributed by atoms with Crippen molar-refractivity contribution in [2.24, 2.45) is 0 Å². The Morgan fingerprint density at radius 1 is 1.16 bits per heavy atom. The highest BCUT2D eigenvalue weighted by atomic mass is 35.5. The van der Waals surface area contributed by atoms with Crippen LogP contribution in [0.3, 0.4) is 0 Å². The fourth-order valence-electron chi connectivity index (χ4n) is 3.95. The van der Waals surface area contributed by atoms with Gasteiger partial charge in [-0.3, -0.25) is 4.79 Å². The van der Waals surface area contributed by atoms with Crippen molar-refractivity contribution >= 4 is 17.5 Å². The summed E-state index contributed by atoms with van der Waals surface area (Å²) in [6.45, 7) is 0.610. The molecule has 2 aliphatic rings. The van der Waals surface area contributed by atoms with E-state index in [0.717, 1.165) is 54.4 Å². The molecule has 1 N–H and O–H groups in total. The van der Waals surface area contributed by atoms with Crippen LogP contribution >= 0.6 is 11.6 Å². The molecule has 1 fully saturated rings. The van der Waals surface area contributed by atoms with Crippen molar-refractivity contribution in [3.63, 3.8) is 0 Å². The Hall–Kier alpha value is -1.91. The smallest absolute Gasteiger partial charge is 0.254 e. The molecule has 1 aromatic carbocycles. The number of carbonyl (C=O) groups excluding carboxylic acids is 1. The highest BCUT2D eigenvalue weighted by Crippen LogP contribution is 2.32. The monoisotopic (exact) mass is 356 g/mol. The van der Waals surface area contributed by atoms with Crippen LogP contribution in [0.4, 0.5) is 0 Å². The van der Waals surface area contributed by atoms with Crippen LogP contribution in [0.5, 0.6) is 0 Å². The van der Waals surface area contributed by atoms with E-state index in [1.165, 1.54) is 0 Å². The standard InChI is InChI=1S/C20H21ClN2O2/c21-19-8-6-14(11-22-19)9-13-5-7-15-12-23(20(25)16(15)10-13)17-3-1-2-4-18(17)24/h5-8,10-11,17-18,24H,1-4,9,12H2. The molecule has 130 valence electrons. The number of amides is 1. The number of aliphatic hydroxyl groups excluding tert-OH is 1. The lowest BCUT2D eigenvalue weighted by Gasteiger charge is -2.35. The van der Waals surface area contributed by atoms with Crippen LogP contribution in [0.25, 0.3) is 0 Å². The van der Waals surface area contributed by atoms with E-state index in [9.17, 15) is 9.90 Å². The van der Waals surface area contributed by atoms with Gasteiger partial charge in [0.05, 0.1) is 12.1 Å². The van der Waals surface area contributed by atoms with Crippen LogP contribution < -0.4 is 0 Å². The van der Waals surface area contributed by atoms with Gasteiger partial charge in [-0.1, -0.05) is 42.6 Å². The van der Waals surface area contributed by atoms with Gasteiger partial charge in [0.15, 0.2) is 0 Å². The van der Waals surface area contributed by atoms with E-state index in [1.807, 2.05) is 23.1 Å². The van der Waals surface area contributed by atoms with Gasteiger partial charge in [-0.15, -0.1) is 0 Å². The summed E-state index contributed by atoms with van der Waals surface area (Å²) in [5.41, 5.74) is 3.98. The SMILES string of the molecule is O=C1c2cc(Cc3ccc(Cl)nc3)ccc2CN1C1CCCCC1O. The summed E-state index contributed by atoms with van der Waals surface area (Å²) in [5, 5.41) is 10.8. The van der Waals surface area contributed by atoms with Crippen molar-refractivity contribution in [2.75, 3.05) is 0 Å². The Kier molecular flexibility index (Phi) is 4.48. The molecule has 4 rings (SSSR count). The number of aromatic nitrogens is 1. The van der Waals surface area contributed by atoms with Crippen molar-refractivity contribution in [1.82, 2.24) is 9.88 Å². The van der Waals surface area contributed by atoms with Gasteiger partial charge in [0.2, 0.25) is 0 Å². The van der Waals surface area contributed by atoms with Crippen molar-refractivity contribution < 1.29 is 9.90 Å². The zero-order valence-corrected chi connectivity index (χ0v) is 14.7. The minimum absolute atomic E-state index is 0.0439. The Morgan fingerprint density at radius 3 is 2.72 bits per heavy atom. The van der Waals surface area contributed by atoms with Crippen LogP contribution in [0.15, 0.2) is 36.5 Å². The van der Waals surface area contributed by atoms with Crippen LogP contribution in [0, 0.1) is 0 Å². The molecule has 0 spiro atoms. The average molecular weight is 357 g/mol. The number of hydrogen-bond acceptors (Lipinski definition) is 3. The van der Waals surface area contributed by atoms with Gasteiger partial charge in [0.25, 0.3) is 5.91 Å². The Morgan fingerprint density at radius 2 is 1.96 bits per heavy atom. The summed E-state index contributed by atoms with van der Waals surface area (Å²) < 4.78 is 0. The van der Waals surface area contributed by atoms with Crippen molar-refractivity contribution in [3.05, 3.63) is 63.9 Å². The number of benzene rings is 1. The molecule has 2 unspecified atom stereocenters. The molecular weight excluding hydrogens is 336 g/mol. The minimum Gasteiger partial charge on any atom is -0.391 e.